The van der Waals surface area contributed by atoms with Crippen molar-refractivity contribution in [1.82, 2.24) is 14.5 Å². The van der Waals surface area contributed by atoms with Crippen LogP contribution in [-0.2, 0) is 20.1 Å². The molecule has 3 heterocycles. The zero-order chi connectivity index (χ0) is 39.4. The Labute approximate surface area is 336 Å². The zero-order valence-electron chi connectivity index (χ0n) is 34.3. The summed E-state index contributed by atoms with van der Waals surface area (Å²) in [7, 11) is -1.61. The van der Waals surface area contributed by atoms with Crippen molar-refractivity contribution in [2.75, 3.05) is 0 Å². The molecule has 0 fully saturated rings. The molecule has 0 aliphatic rings. The van der Waals surface area contributed by atoms with E-state index in [-0.39, 0.29) is 25.7 Å². The number of thiophene rings is 1. The Morgan fingerprint density at radius 1 is 0.811 bits per heavy atom. The van der Waals surface area contributed by atoms with Gasteiger partial charge in [0.1, 0.15) is 0 Å². The van der Waals surface area contributed by atoms with Crippen molar-refractivity contribution in [2.24, 2.45) is 0 Å². The summed E-state index contributed by atoms with van der Waals surface area (Å²) in [5.41, 5.74) is 7.00. The van der Waals surface area contributed by atoms with E-state index in [0.29, 0.717) is 0 Å². The quantitative estimate of drug-likeness (QED) is 0.127. The molecular formula is C47H41IrN3SSi-2. The predicted molar refractivity (Wildman–Crippen MR) is 226 cm³/mol. The molecule has 9 rings (SSSR count). The number of benzene rings is 6. The summed E-state index contributed by atoms with van der Waals surface area (Å²) in [5, 5.41) is 6.16. The molecule has 6 heteroatoms. The van der Waals surface area contributed by atoms with Crippen molar-refractivity contribution in [1.29, 1.82) is 0 Å². The number of hydrogen-bond donors (Lipinski definition) is 0. The molecule has 0 spiro atoms. The molecule has 53 heavy (non-hydrogen) atoms. The van der Waals surface area contributed by atoms with Crippen molar-refractivity contribution in [2.45, 2.75) is 46.2 Å². The Bertz CT molecular complexity index is 2880. The van der Waals surface area contributed by atoms with Gasteiger partial charge in [-0.3, -0.25) is 4.98 Å². The summed E-state index contributed by atoms with van der Waals surface area (Å²) in [6, 6.07) is 49.5. The van der Waals surface area contributed by atoms with E-state index < -0.39 is 20.8 Å². The van der Waals surface area contributed by atoms with Gasteiger partial charge in [-0.2, -0.15) is 11.3 Å². The first-order valence-electron chi connectivity index (χ1n) is 19.5. The van der Waals surface area contributed by atoms with E-state index in [1.165, 1.54) is 42.2 Å². The first-order chi connectivity index (χ1) is 26.7. The van der Waals surface area contributed by atoms with Gasteiger partial charge >= 0.3 is 0 Å². The average molecular weight is 904 g/mol. The van der Waals surface area contributed by atoms with Crippen LogP contribution in [0.3, 0.4) is 0 Å². The van der Waals surface area contributed by atoms with Gasteiger partial charge in [-0.15, -0.1) is 53.6 Å². The van der Waals surface area contributed by atoms with Gasteiger partial charge in [0.05, 0.1) is 24.9 Å². The third-order valence-electron chi connectivity index (χ3n) is 9.47. The summed E-state index contributed by atoms with van der Waals surface area (Å²) < 4.78 is 35.6. The number of aromatic nitrogens is 3. The predicted octanol–water partition coefficient (Wildman–Crippen LogP) is 12.5. The third-order valence-corrected chi connectivity index (χ3v) is 12.7. The molecule has 0 amide bonds. The standard InChI is InChI=1S/C29H17N2S.C18H24NSi.Ir/c1-2-11-20-19(9-1)10-7-17-25(20)31-26-16-5-4-15-24(26)30-29(31)23-14-8-13-22-21-12-3-6-18-27(21)32-28(22)23;1-13(2)16-11-17(15-9-7-14(3)8-10-15)19-12-18(16)20(4,5)6;/h1-13,15-18H;7-9,11-13H,1-6H3;/q2*-1;/i;3D3,13D;. The van der Waals surface area contributed by atoms with Crippen molar-refractivity contribution < 1.29 is 25.6 Å². The largest absolute Gasteiger partial charge is 0.333 e. The third kappa shape index (κ3) is 7.05. The molecule has 3 nitrogen and oxygen atoms in total. The van der Waals surface area contributed by atoms with Gasteiger partial charge in [0.15, 0.2) is 0 Å². The van der Waals surface area contributed by atoms with Crippen molar-refractivity contribution >= 4 is 66.6 Å². The van der Waals surface area contributed by atoms with E-state index in [9.17, 15) is 0 Å². The second kappa shape index (κ2) is 15.0. The first kappa shape index (κ1) is 31.8. The Morgan fingerprint density at radius 2 is 1.57 bits per heavy atom. The Hall–Kier alpha value is -4.71. The van der Waals surface area contributed by atoms with Gasteiger partial charge in [-0.05, 0) is 56.5 Å². The van der Waals surface area contributed by atoms with Crippen LogP contribution >= 0.6 is 11.3 Å². The van der Waals surface area contributed by atoms with Crippen LogP contribution in [0, 0.1) is 19.0 Å². The second-order valence-electron chi connectivity index (χ2n) is 14.3. The molecule has 0 saturated heterocycles. The van der Waals surface area contributed by atoms with E-state index >= 15 is 0 Å². The fraction of sp³-hybridized carbons (Fsp3) is 0.149. The number of fused-ring (bicyclic) bond motifs is 5. The minimum Gasteiger partial charge on any atom is -0.333 e. The fourth-order valence-electron chi connectivity index (χ4n) is 6.90. The maximum absolute atomic E-state index is 8.48. The summed E-state index contributed by atoms with van der Waals surface area (Å²) in [6.45, 7) is 8.38. The van der Waals surface area contributed by atoms with Gasteiger partial charge < -0.3 is 9.55 Å². The summed E-state index contributed by atoms with van der Waals surface area (Å²) in [4.78, 5) is 9.69. The number of imidazole rings is 1. The molecule has 6 aromatic carbocycles. The summed E-state index contributed by atoms with van der Waals surface area (Å²) >= 11 is 1.82. The van der Waals surface area contributed by atoms with E-state index in [4.69, 9.17) is 10.5 Å². The van der Waals surface area contributed by atoms with Crippen LogP contribution in [-0.4, -0.2) is 22.6 Å². The van der Waals surface area contributed by atoms with E-state index in [0.717, 1.165) is 44.9 Å². The molecule has 0 bridgehead atoms. The van der Waals surface area contributed by atoms with Gasteiger partial charge in [0.25, 0.3) is 0 Å². The molecular weight excluding hydrogens is 859 g/mol. The molecule has 265 valence electrons. The van der Waals surface area contributed by atoms with E-state index in [1.807, 2.05) is 43.5 Å². The van der Waals surface area contributed by atoms with Crippen LogP contribution in [0.15, 0.2) is 134 Å². The van der Waals surface area contributed by atoms with Crippen LogP contribution < -0.4 is 5.19 Å². The number of rotatable bonds is 5. The Kier molecular flexibility index (Phi) is 8.97. The molecule has 0 saturated carbocycles. The van der Waals surface area contributed by atoms with Gasteiger partial charge in [0, 0.05) is 47.6 Å². The van der Waals surface area contributed by atoms with Crippen molar-refractivity contribution in [3.8, 4) is 28.3 Å². The molecule has 9 aromatic rings. The molecule has 0 atom stereocenters. The minimum absolute atomic E-state index is 0. The normalized spacial score (nSPS) is 13.2. The first-order valence-corrected chi connectivity index (χ1v) is 21.8. The summed E-state index contributed by atoms with van der Waals surface area (Å²) in [6.07, 6.45) is 1.89. The van der Waals surface area contributed by atoms with Crippen LogP contribution in [0.4, 0.5) is 0 Å². The number of hydrogen-bond acceptors (Lipinski definition) is 3. The van der Waals surface area contributed by atoms with Crippen LogP contribution in [0.2, 0.25) is 19.6 Å². The van der Waals surface area contributed by atoms with Crippen molar-refractivity contribution in [3.05, 3.63) is 157 Å². The Morgan fingerprint density at radius 3 is 2.34 bits per heavy atom. The SMILES string of the molecule is [2H]C([2H])([2H])c1c[c-]c(-c2cc(C([2H])(C)C)c([Si](C)(C)C)cn2)cc1.[Ir].[c-]1ccc2c(sc3ccccc32)c1-c1nc2ccccc2n1-c1cccc2ccccc12. The van der Waals surface area contributed by atoms with E-state index in [1.54, 1.807) is 12.1 Å². The van der Waals surface area contributed by atoms with Gasteiger partial charge in [-0.25, -0.2) is 0 Å². The molecule has 0 aliphatic heterocycles. The Balaban J connectivity index is 0.000000179. The van der Waals surface area contributed by atoms with Crippen LogP contribution in [0.25, 0.3) is 70.3 Å². The van der Waals surface area contributed by atoms with Crippen molar-refractivity contribution in [3.63, 3.8) is 0 Å². The van der Waals surface area contributed by atoms with Crippen LogP contribution in [0.5, 0.6) is 0 Å². The number of pyridine rings is 1. The van der Waals surface area contributed by atoms with Gasteiger partial charge in [0.2, 0.25) is 0 Å². The second-order valence-corrected chi connectivity index (χ2v) is 20.4. The zero-order valence-corrected chi connectivity index (χ0v) is 34.5. The molecule has 0 unspecified atom stereocenters. The fourth-order valence-corrected chi connectivity index (χ4v) is 9.67. The smallest absolute Gasteiger partial charge is 0.0799 e. The number of aryl methyl sites for hydroxylation is 1. The topological polar surface area (TPSA) is 30.7 Å². The molecule has 1 radical (unpaired) electrons. The maximum Gasteiger partial charge on any atom is 0.0799 e. The molecule has 0 N–H and O–H groups in total. The number of para-hydroxylation sites is 2. The molecule has 3 aromatic heterocycles. The number of nitrogens with zero attached hydrogens (tertiary/aromatic N) is 3. The molecule has 0 aliphatic carbocycles. The van der Waals surface area contributed by atoms with E-state index in [2.05, 4.69) is 138 Å². The summed E-state index contributed by atoms with van der Waals surface area (Å²) in [5.74, 6) is 0.214. The maximum atomic E-state index is 8.48. The van der Waals surface area contributed by atoms with Gasteiger partial charge in [-0.1, -0.05) is 130 Å². The van der Waals surface area contributed by atoms with Crippen LogP contribution in [0.1, 0.15) is 36.4 Å². The average Bonchev–Trinajstić information content (AvgIpc) is 3.76. The minimum atomic E-state index is -2.13. The monoisotopic (exact) mass is 904 g/mol.